The minimum absolute atomic E-state index is 0.144. The van der Waals surface area contributed by atoms with Crippen LogP contribution in [0.3, 0.4) is 0 Å². The average Bonchev–Trinajstić information content (AvgIpc) is 2.87. The summed E-state index contributed by atoms with van der Waals surface area (Å²) in [4.78, 5) is 4.29. The number of rotatable bonds is 3. The summed E-state index contributed by atoms with van der Waals surface area (Å²) in [6.07, 6.45) is 1.81. The smallest absolute Gasteiger partial charge is 0.169 e. The highest BCUT2D eigenvalue weighted by atomic mass is 19.1. The van der Waals surface area contributed by atoms with Crippen molar-refractivity contribution in [3.8, 4) is 0 Å². The predicted molar refractivity (Wildman–Crippen MR) is 76.0 cm³/mol. The molecule has 0 aliphatic carbocycles. The first-order chi connectivity index (χ1) is 9.69. The van der Waals surface area contributed by atoms with Gasteiger partial charge in [0.05, 0.1) is 6.04 Å². The maximum atomic E-state index is 13.7. The standard InChI is InChI=1S/C16H15FN2O/c1-10-6-7-12(9-19-10)15(18-2)14-8-11-4-3-5-13(17)16(11)20-14/h3-9,15,18H,1-2H3. The number of hydrogen-bond acceptors (Lipinski definition) is 3. The lowest BCUT2D eigenvalue weighted by molar-refractivity contribution is 0.476. The summed E-state index contributed by atoms with van der Waals surface area (Å²) < 4.78 is 19.4. The van der Waals surface area contributed by atoms with Crippen LogP contribution >= 0.6 is 0 Å². The summed E-state index contributed by atoms with van der Waals surface area (Å²) in [7, 11) is 1.84. The minimum Gasteiger partial charge on any atom is -0.456 e. The van der Waals surface area contributed by atoms with E-state index in [1.807, 2.05) is 38.2 Å². The minimum atomic E-state index is -0.342. The molecule has 3 aromatic rings. The highest BCUT2D eigenvalue weighted by Gasteiger charge is 2.18. The second-order valence-electron chi connectivity index (χ2n) is 4.76. The number of nitrogens with zero attached hydrogens (tertiary/aromatic N) is 1. The molecule has 2 heterocycles. The maximum absolute atomic E-state index is 13.7. The van der Waals surface area contributed by atoms with Crippen LogP contribution in [0, 0.1) is 12.7 Å². The Bertz CT molecular complexity index is 734. The summed E-state index contributed by atoms with van der Waals surface area (Å²) in [5.74, 6) is 0.337. The summed E-state index contributed by atoms with van der Waals surface area (Å²) in [5.41, 5.74) is 2.24. The Hall–Kier alpha value is -2.20. The molecule has 0 fully saturated rings. The van der Waals surface area contributed by atoms with E-state index in [9.17, 15) is 4.39 Å². The first-order valence-electron chi connectivity index (χ1n) is 6.47. The number of aromatic nitrogens is 1. The number of benzene rings is 1. The fraction of sp³-hybridized carbons (Fsp3) is 0.188. The highest BCUT2D eigenvalue weighted by Crippen LogP contribution is 2.29. The van der Waals surface area contributed by atoms with Crippen molar-refractivity contribution in [1.29, 1.82) is 0 Å². The Morgan fingerprint density at radius 2 is 2.10 bits per heavy atom. The van der Waals surface area contributed by atoms with Gasteiger partial charge in [0.25, 0.3) is 0 Å². The van der Waals surface area contributed by atoms with Crippen molar-refractivity contribution < 1.29 is 8.81 Å². The van der Waals surface area contributed by atoms with Crippen LogP contribution in [0.15, 0.2) is 47.0 Å². The molecule has 102 valence electrons. The van der Waals surface area contributed by atoms with Crippen molar-refractivity contribution >= 4 is 11.0 Å². The fourth-order valence-electron chi connectivity index (χ4n) is 2.31. The first-order valence-corrected chi connectivity index (χ1v) is 6.47. The van der Waals surface area contributed by atoms with Crippen LogP contribution in [-0.2, 0) is 0 Å². The fourth-order valence-corrected chi connectivity index (χ4v) is 2.31. The summed E-state index contributed by atoms with van der Waals surface area (Å²) >= 11 is 0. The van der Waals surface area contributed by atoms with E-state index in [0.29, 0.717) is 11.3 Å². The molecule has 0 radical (unpaired) electrons. The lowest BCUT2D eigenvalue weighted by atomic mass is 10.1. The van der Waals surface area contributed by atoms with Gasteiger partial charge in [-0.25, -0.2) is 4.39 Å². The van der Waals surface area contributed by atoms with Crippen molar-refractivity contribution in [2.24, 2.45) is 0 Å². The molecular weight excluding hydrogens is 255 g/mol. The molecular formula is C16H15FN2O. The molecule has 0 bridgehead atoms. The zero-order chi connectivity index (χ0) is 14.1. The van der Waals surface area contributed by atoms with E-state index in [1.165, 1.54) is 6.07 Å². The zero-order valence-corrected chi connectivity index (χ0v) is 11.4. The molecule has 0 saturated heterocycles. The van der Waals surface area contributed by atoms with E-state index in [1.54, 1.807) is 12.3 Å². The van der Waals surface area contributed by atoms with Gasteiger partial charge in [-0.3, -0.25) is 4.98 Å². The van der Waals surface area contributed by atoms with Gasteiger partial charge in [0.15, 0.2) is 11.4 Å². The summed E-state index contributed by atoms with van der Waals surface area (Å²) in [6.45, 7) is 1.94. The van der Waals surface area contributed by atoms with Gasteiger partial charge in [0.1, 0.15) is 5.76 Å². The van der Waals surface area contributed by atoms with E-state index in [2.05, 4.69) is 10.3 Å². The van der Waals surface area contributed by atoms with Crippen LogP contribution in [0.1, 0.15) is 23.1 Å². The van der Waals surface area contributed by atoms with Gasteiger partial charge in [-0.05, 0) is 37.7 Å². The van der Waals surface area contributed by atoms with Crippen LogP contribution in [0.5, 0.6) is 0 Å². The van der Waals surface area contributed by atoms with E-state index < -0.39 is 0 Å². The van der Waals surface area contributed by atoms with E-state index in [-0.39, 0.29) is 11.9 Å². The number of fused-ring (bicyclic) bond motifs is 1. The molecule has 20 heavy (non-hydrogen) atoms. The molecule has 1 unspecified atom stereocenters. The van der Waals surface area contributed by atoms with E-state index in [0.717, 1.165) is 16.6 Å². The molecule has 0 saturated carbocycles. The lowest BCUT2D eigenvalue weighted by Gasteiger charge is -2.13. The van der Waals surface area contributed by atoms with E-state index >= 15 is 0 Å². The average molecular weight is 270 g/mol. The molecule has 3 rings (SSSR count). The van der Waals surface area contributed by atoms with Gasteiger partial charge in [-0.1, -0.05) is 18.2 Å². The monoisotopic (exact) mass is 270 g/mol. The molecule has 1 N–H and O–H groups in total. The molecule has 2 aromatic heterocycles. The first kappa shape index (κ1) is 12.8. The SMILES string of the molecule is CNC(c1ccc(C)nc1)c1cc2cccc(F)c2o1. The van der Waals surface area contributed by atoms with Gasteiger partial charge in [-0.15, -0.1) is 0 Å². The summed E-state index contributed by atoms with van der Waals surface area (Å²) in [6, 6.07) is 10.6. The van der Waals surface area contributed by atoms with Crippen molar-refractivity contribution in [3.63, 3.8) is 0 Å². The van der Waals surface area contributed by atoms with Gasteiger partial charge in [0.2, 0.25) is 0 Å². The van der Waals surface area contributed by atoms with Crippen molar-refractivity contribution in [2.75, 3.05) is 7.05 Å². The van der Waals surface area contributed by atoms with E-state index in [4.69, 9.17) is 4.42 Å². The number of pyridine rings is 1. The Morgan fingerprint density at radius 1 is 1.25 bits per heavy atom. The molecule has 0 aliphatic rings. The molecule has 1 atom stereocenters. The van der Waals surface area contributed by atoms with Crippen LogP contribution in [0.2, 0.25) is 0 Å². The molecule has 1 aromatic carbocycles. The summed E-state index contributed by atoms with van der Waals surface area (Å²) in [5, 5.41) is 3.94. The van der Waals surface area contributed by atoms with Crippen molar-refractivity contribution in [1.82, 2.24) is 10.3 Å². The van der Waals surface area contributed by atoms with Crippen molar-refractivity contribution in [2.45, 2.75) is 13.0 Å². The number of nitrogens with one attached hydrogen (secondary N) is 1. The number of aryl methyl sites for hydroxylation is 1. The van der Waals surface area contributed by atoms with Gasteiger partial charge in [-0.2, -0.15) is 0 Å². The van der Waals surface area contributed by atoms with Gasteiger partial charge >= 0.3 is 0 Å². The van der Waals surface area contributed by atoms with Crippen LogP contribution in [0.25, 0.3) is 11.0 Å². The quantitative estimate of drug-likeness (QED) is 0.790. The second kappa shape index (κ2) is 5.06. The van der Waals surface area contributed by atoms with Gasteiger partial charge in [0, 0.05) is 17.3 Å². The molecule has 4 heteroatoms. The number of hydrogen-bond donors (Lipinski definition) is 1. The normalized spacial score (nSPS) is 12.8. The predicted octanol–water partition coefficient (Wildman–Crippen LogP) is 3.58. The zero-order valence-electron chi connectivity index (χ0n) is 11.4. The highest BCUT2D eigenvalue weighted by molar-refractivity contribution is 5.78. The van der Waals surface area contributed by atoms with Crippen LogP contribution in [-0.4, -0.2) is 12.0 Å². The number of para-hydroxylation sites is 1. The Balaban J connectivity index is 2.07. The molecule has 0 spiro atoms. The third kappa shape index (κ3) is 2.18. The Morgan fingerprint density at radius 3 is 2.75 bits per heavy atom. The largest absolute Gasteiger partial charge is 0.456 e. The third-order valence-corrected chi connectivity index (χ3v) is 3.36. The van der Waals surface area contributed by atoms with Crippen LogP contribution in [0.4, 0.5) is 4.39 Å². The van der Waals surface area contributed by atoms with Crippen LogP contribution < -0.4 is 5.32 Å². The number of halogens is 1. The second-order valence-corrected chi connectivity index (χ2v) is 4.76. The lowest BCUT2D eigenvalue weighted by Crippen LogP contribution is -2.17. The molecule has 0 aliphatic heterocycles. The Labute approximate surface area is 116 Å². The topological polar surface area (TPSA) is 38.1 Å². The Kier molecular flexibility index (Phi) is 3.24. The third-order valence-electron chi connectivity index (χ3n) is 3.36. The van der Waals surface area contributed by atoms with Crippen molar-refractivity contribution in [3.05, 3.63) is 65.4 Å². The van der Waals surface area contributed by atoms with Gasteiger partial charge < -0.3 is 9.73 Å². The molecule has 3 nitrogen and oxygen atoms in total. The molecule has 0 amide bonds. The maximum Gasteiger partial charge on any atom is 0.169 e. The number of furan rings is 1.